The Morgan fingerprint density at radius 1 is 1.04 bits per heavy atom. The van der Waals surface area contributed by atoms with Crippen LogP contribution in [0.2, 0.25) is 0 Å². The minimum Gasteiger partial charge on any atom is -0.351 e. The third-order valence-corrected chi connectivity index (χ3v) is 5.25. The van der Waals surface area contributed by atoms with Gasteiger partial charge in [0.2, 0.25) is 0 Å². The quantitative estimate of drug-likeness (QED) is 0.701. The maximum Gasteiger partial charge on any atom is 0.253 e. The van der Waals surface area contributed by atoms with E-state index in [1.165, 1.54) is 0 Å². The van der Waals surface area contributed by atoms with Gasteiger partial charge in [0, 0.05) is 44.7 Å². The van der Waals surface area contributed by atoms with Crippen LogP contribution < -0.4 is 4.90 Å². The number of rotatable bonds is 3. The maximum atomic E-state index is 12.7. The molecule has 1 aliphatic heterocycles. The summed E-state index contributed by atoms with van der Waals surface area (Å²) < 4.78 is 1.87. The first kappa shape index (κ1) is 18.4. The first-order chi connectivity index (χ1) is 13.5. The molecule has 7 nitrogen and oxygen atoms in total. The standard InChI is InChI=1S/C21H26N6O/c1-14(2)19-22-17-15(3)24-25(4)18(17)20(23-19)26-10-12-27(13-11-26)21(28)16-8-6-5-7-9-16/h5-9,14H,10-13H2,1-4H3. The molecule has 0 radical (unpaired) electrons. The number of piperazine rings is 1. The number of aryl methyl sites for hydroxylation is 2. The number of fused-ring (bicyclic) bond motifs is 1. The molecular formula is C21H26N6O. The summed E-state index contributed by atoms with van der Waals surface area (Å²) in [4.78, 5) is 26.5. The number of hydrogen-bond donors (Lipinski definition) is 0. The second-order valence-corrected chi connectivity index (χ2v) is 7.61. The molecule has 1 amide bonds. The summed E-state index contributed by atoms with van der Waals surface area (Å²) in [7, 11) is 1.94. The molecule has 1 fully saturated rings. The highest BCUT2D eigenvalue weighted by Gasteiger charge is 2.26. The average molecular weight is 378 g/mol. The summed E-state index contributed by atoms with van der Waals surface area (Å²) in [5.41, 5.74) is 3.54. The summed E-state index contributed by atoms with van der Waals surface area (Å²) in [5.74, 6) is 2.08. The molecule has 0 spiro atoms. The molecule has 7 heteroatoms. The highest BCUT2D eigenvalue weighted by Crippen LogP contribution is 2.28. The van der Waals surface area contributed by atoms with Crippen LogP contribution in [0.15, 0.2) is 30.3 Å². The number of carbonyl (C=O) groups is 1. The molecule has 1 aromatic carbocycles. The van der Waals surface area contributed by atoms with Gasteiger partial charge < -0.3 is 9.80 Å². The molecule has 3 heterocycles. The molecule has 28 heavy (non-hydrogen) atoms. The van der Waals surface area contributed by atoms with Crippen molar-refractivity contribution in [2.24, 2.45) is 7.05 Å². The lowest BCUT2D eigenvalue weighted by atomic mass is 10.1. The Morgan fingerprint density at radius 2 is 1.71 bits per heavy atom. The van der Waals surface area contributed by atoms with Gasteiger partial charge >= 0.3 is 0 Å². The lowest BCUT2D eigenvalue weighted by Gasteiger charge is -2.35. The van der Waals surface area contributed by atoms with Crippen molar-refractivity contribution in [3.8, 4) is 0 Å². The first-order valence-corrected chi connectivity index (χ1v) is 9.76. The van der Waals surface area contributed by atoms with Gasteiger partial charge in [-0.2, -0.15) is 5.10 Å². The first-order valence-electron chi connectivity index (χ1n) is 9.76. The molecule has 2 aromatic heterocycles. The molecule has 0 unspecified atom stereocenters. The van der Waals surface area contributed by atoms with E-state index < -0.39 is 0 Å². The molecule has 0 N–H and O–H groups in total. The predicted octanol–water partition coefficient (Wildman–Crippen LogP) is 2.76. The molecule has 146 valence electrons. The second-order valence-electron chi connectivity index (χ2n) is 7.61. The molecule has 3 aromatic rings. The smallest absolute Gasteiger partial charge is 0.253 e. The fourth-order valence-electron chi connectivity index (χ4n) is 3.70. The molecule has 0 aliphatic carbocycles. The fourth-order valence-corrected chi connectivity index (χ4v) is 3.70. The lowest BCUT2D eigenvalue weighted by Crippen LogP contribution is -2.49. The topological polar surface area (TPSA) is 67.2 Å². The zero-order valence-electron chi connectivity index (χ0n) is 16.9. The second kappa shape index (κ2) is 7.22. The van der Waals surface area contributed by atoms with Crippen molar-refractivity contribution in [1.82, 2.24) is 24.6 Å². The Bertz CT molecular complexity index is 1000. The van der Waals surface area contributed by atoms with Crippen LogP contribution in [0.5, 0.6) is 0 Å². The van der Waals surface area contributed by atoms with Crippen LogP contribution in [0.1, 0.15) is 41.6 Å². The molecule has 0 atom stereocenters. The zero-order chi connectivity index (χ0) is 19.8. The van der Waals surface area contributed by atoms with Crippen LogP contribution in [-0.4, -0.2) is 56.7 Å². The molecule has 4 rings (SSSR count). The van der Waals surface area contributed by atoms with Gasteiger partial charge in [-0.25, -0.2) is 9.97 Å². The van der Waals surface area contributed by atoms with E-state index >= 15 is 0 Å². The Kier molecular flexibility index (Phi) is 4.75. The molecule has 0 saturated carbocycles. The van der Waals surface area contributed by atoms with Crippen LogP contribution >= 0.6 is 0 Å². The van der Waals surface area contributed by atoms with E-state index in [2.05, 4.69) is 23.8 Å². The van der Waals surface area contributed by atoms with Crippen molar-refractivity contribution < 1.29 is 4.79 Å². The van der Waals surface area contributed by atoms with Crippen molar-refractivity contribution in [1.29, 1.82) is 0 Å². The number of aromatic nitrogens is 4. The summed E-state index contributed by atoms with van der Waals surface area (Å²) in [6, 6.07) is 9.47. The van der Waals surface area contributed by atoms with Crippen molar-refractivity contribution in [2.75, 3.05) is 31.1 Å². The summed E-state index contributed by atoms with van der Waals surface area (Å²) in [6.07, 6.45) is 0. The van der Waals surface area contributed by atoms with Gasteiger partial charge in [0.05, 0.1) is 5.69 Å². The van der Waals surface area contributed by atoms with Crippen molar-refractivity contribution >= 4 is 22.8 Å². The number of carbonyl (C=O) groups excluding carboxylic acids is 1. The van der Waals surface area contributed by atoms with E-state index in [9.17, 15) is 4.79 Å². The summed E-state index contributed by atoms with van der Waals surface area (Å²) in [6.45, 7) is 9.03. The van der Waals surface area contributed by atoms with Gasteiger partial charge in [-0.05, 0) is 19.1 Å². The average Bonchev–Trinajstić information content (AvgIpc) is 3.01. The van der Waals surface area contributed by atoms with Crippen molar-refractivity contribution in [2.45, 2.75) is 26.7 Å². The number of nitrogens with zero attached hydrogens (tertiary/aromatic N) is 6. The highest BCUT2D eigenvalue weighted by molar-refractivity contribution is 5.94. The van der Waals surface area contributed by atoms with Gasteiger partial charge in [-0.1, -0.05) is 32.0 Å². The monoisotopic (exact) mass is 378 g/mol. The van der Waals surface area contributed by atoms with E-state index in [-0.39, 0.29) is 11.8 Å². The van der Waals surface area contributed by atoms with Gasteiger partial charge in [-0.15, -0.1) is 0 Å². The van der Waals surface area contributed by atoms with Gasteiger partial charge in [0.25, 0.3) is 5.91 Å². The van der Waals surface area contributed by atoms with Crippen molar-refractivity contribution in [3.05, 3.63) is 47.4 Å². The maximum absolute atomic E-state index is 12.7. The summed E-state index contributed by atoms with van der Waals surface area (Å²) >= 11 is 0. The van der Waals surface area contributed by atoms with Crippen LogP contribution in [0, 0.1) is 6.92 Å². The third-order valence-electron chi connectivity index (χ3n) is 5.25. The minimum absolute atomic E-state index is 0.0901. The van der Waals surface area contributed by atoms with E-state index in [4.69, 9.17) is 9.97 Å². The largest absolute Gasteiger partial charge is 0.351 e. The van der Waals surface area contributed by atoms with Gasteiger partial charge in [0.1, 0.15) is 16.9 Å². The van der Waals surface area contributed by atoms with Gasteiger partial charge in [0.15, 0.2) is 5.82 Å². The normalized spacial score (nSPS) is 14.9. The van der Waals surface area contributed by atoms with E-state index in [1.807, 2.05) is 53.9 Å². The van der Waals surface area contributed by atoms with Crippen LogP contribution in [-0.2, 0) is 7.05 Å². The number of anilines is 1. The van der Waals surface area contributed by atoms with E-state index in [1.54, 1.807) is 0 Å². The predicted molar refractivity (Wildman–Crippen MR) is 110 cm³/mol. The van der Waals surface area contributed by atoms with Crippen LogP contribution in [0.4, 0.5) is 5.82 Å². The number of benzene rings is 1. The minimum atomic E-state index is 0.0901. The molecular weight excluding hydrogens is 352 g/mol. The van der Waals surface area contributed by atoms with Gasteiger partial charge in [-0.3, -0.25) is 9.48 Å². The number of amides is 1. The van der Waals surface area contributed by atoms with Crippen LogP contribution in [0.3, 0.4) is 0 Å². The Labute approximate surface area is 165 Å². The third kappa shape index (κ3) is 3.21. The fraction of sp³-hybridized carbons (Fsp3) is 0.429. The van der Waals surface area contributed by atoms with E-state index in [0.717, 1.165) is 47.0 Å². The molecule has 0 bridgehead atoms. The SMILES string of the molecule is Cc1nn(C)c2c(N3CCN(C(=O)c4ccccc4)CC3)nc(C(C)C)nc12. The van der Waals surface area contributed by atoms with E-state index in [0.29, 0.717) is 13.1 Å². The summed E-state index contributed by atoms with van der Waals surface area (Å²) in [5, 5.41) is 4.55. The molecule has 1 aliphatic rings. The Morgan fingerprint density at radius 3 is 2.36 bits per heavy atom. The van der Waals surface area contributed by atoms with Crippen LogP contribution in [0.25, 0.3) is 11.0 Å². The Balaban J connectivity index is 1.61. The zero-order valence-corrected chi connectivity index (χ0v) is 16.9. The Hall–Kier alpha value is -2.96. The lowest BCUT2D eigenvalue weighted by molar-refractivity contribution is 0.0746. The van der Waals surface area contributed by atoms with Crippen molar-refractivity contribution in [3.63, 3.8) is 0 Å². The number of hydrogen-bond acceptors (Lipinski definition) is 5. The highest BCUT2D eigenvalue weighted by atomic mass is 16.2. The molecule has 1 saturated heterocycles.